The normalized spacial score (nSPS) is 27.9. The molecule has 0 bridgehead atoms. The number of morpholine rings is 1. The number of carbonyl (C=O) groups is 1. The van der Waals surface area contributed by atoms with Gasteiger partial charge in [-0.1, -0.05) is 13.3 Å². The number of hydrogen-bond acceptors (Lipinski definition) is 3. The van der Waals surface area contributed by atoms with Crippen LogP contribution in [0.15, 0.2) is 0 Å². The lowest BCUT2D eigenvalue weighted by atomic mass is 10.0. The number of nitrogens with two attached hydrogens (primary N) is 1. The summed E-state index contributed by atoms with van der Waals surface area (Å²) in [6.07, 6.45) is 2.02. The Hall–Kier alpha value is -0.610. The Labute approximate surface area is 98.1 Å². The quantitative estimate of drug-likeness (QED) is 0.781. The van der Waals surface area contributed by atoms with Gasteiger partial charge in [0.05, 0.1) is 24.7 Å². The van der Waals surface area contributed by atoms with E-state index < -0.39 is 0 Å². The Morgan fingerprint density at radius 3 is 2.81 bits per heavy atom. The number of carbonyl (C=O) groups excluding carboxylic acids is 1. The Morgan fingerprint density at radius 2 is 2.25 bits per heavy atom. The molecule has 3 atom stereocenters. The van der Waals surface area contributed by atoms with Gasteiger partial charge in [0.25, 0.3) is 0 Å². The van der Waals surface area contributed by atoms with Crippen molar-refractivity contribution in [2.75, 3.05) is 19.7 Å². The third-order valence-electron chi connectivity index (χ3n) is 3.16. The van der Waals surface area contributed by atoms with Gasteiger partial charge < -0.3 is 15.4 Å². The van der Waals surface area contributed by atoms with Crippen molar-refractivity contribution in [1.29, 1.82) is 0 Å². The van der Waals surface area contributed by atoms with Gasteiger partial charge in [-0.25, -0.2) is 0 Å². The minimum Gasteiger partial charge on any atom is -0.375 e. The molecule has 0 radical (unpaired) electrons. The molecular formula is C12H24N2O2. The summed E-state index contributed by atoms with van der Waals surface area (Å²) in [4.78, 5) is 14.2. The average molecular weight is 228 g/mol. The second-order valence-electron chi connectivity index (χ2n) is 4.70. The van der Waals surface area contributed by atoms with Gasteiger partial charge in [0.2, 0.25) is 5.91 Å². The monoisotopic (exact) mass is 228 g/mol. The summed E-state index contributed by atoms with van der Waals surface area (Å²) in [6.45, 7) is 7.90. The van der Waals surface area contributed by atoms with Crippen molar-refractivity contribution in [3.8, 4) is 0 Å². The molecule has 1 aliphatic rings. The van der Waals surface area contributed by atoms with E-state index in [0.717, 1.165) is 12.8 Å². The molecule has 1 fully saturated rings. The van der Waals surface area contributed by atoms with Crippen LogP contribution in [-0.4, -0.2) is 42.6 Å². The Bertz CT molecular complexity index is 233. The number of hydrogen-bond donors (Lipinski definition) is 1. The lowest BCUT2D eigenvalue weighted by Gasteiger charge is -2.38. The third kappa shape index (κ3) is 3.19. The average Bonchev–Trinajstić information content (AvgIpc) is 2.28. The Morgan fingerprint density at radius 1 is 1.56 bits per heavy atom. The van der Waals surface area contributed by atoms with E-state index in [0.29, 0.717) is 19.7 Å². The van der Waals surface area contributed by atoms with E-state index in [4.69, 9.17) is 10.5 Å². The topological polar surface area (TPSA) is 55.6 Å². The zero-order valence-corrected chi connectivity index (χ0v) is 10.6. The fourth-order valence-electron chi connectivity index (χ4n) is 2.14. The van der Waals surface area contributed by atoms with Crippen LogP contribution in [0.1, 0.15) is 33.6 Å². The maximum Gasteiger partial charge on any atom is 0.227 e. The fraction of sp³-hybridized carbons (Fsp3) is 0.917. The number of amides is 1. The molecule has 1 rings (SSSR count). The summed E-state index contributed by atoms with van der Waals surface area (Å²) in [6, 6.07) is 0.176. The minimum absolute atomic E-state index is 0.0160. The van der Waals surface area contributed by atoms with Crippen LogP contribution in [-0.2, 0) is 9.53 Å². The van der Waals surface area contributed by atoms with E-state index >= 15 is 0 Å². The molecule has 4 nitrogen and oxygen atoms in total. The molecule has 94 valence electrons. The second-order valence-corrected chi connectivity index (χ2v) is 4.70. The molecule has 0 spiro atoms. The van der Waals surface area contributed by atoms with E-state index in [2.05, 4.69) is 6.92 Å². The minimum atomic E-state index is -0.0160. The van der Waals surface area contributed by atoms with Crippen LogP contribution in [0.4, 0.5) is 0 Å². The first-order valence-electron chi connectivity index (χ1n) is 6.22. The van der Waals surface area contributed by atoms with Crippen LogP contribution in [0.25, 0.3) is 0 Å². The Kier molecular flexibility index (Phi) is 5.22. The van der Waals surface area contributed by atoms with Crippen LogP contribution in [0.2, 0.25) is 0 Å². The number of nitrogens with zero attached hydrogens (tertiary/aromatic N) is 1. The molecule has 1 amide bonds. The van der Waals surface area contributed by atoms with Gasteiger partial charge in [-0.2, -0.15) is 0 Å². The summed E-state index contributed by atoms with van der Waals surface area (Å²) in [7, 11) is 0. The molecule has 1 aliphatic heterocycles. The van der Waals surface area contributed by atoms with Gasteiger partial charge in [-0.15, -0.1) is 0 Å². The first-order valence-corrected chi connectivity index (χ1v) is 6.22. The van der Waals surface area contributed by atoms with E-state index in [1.54, 1.807) is 0 Å². The summed E-state index contributed by atoms with van der Waals surface area (Å²) in [5.41, 5.74) is 5.67. The molecule has 2 N–H and O–H groups in total. The molecule has 0 aromatic carbocycles. The van der Waals surface area contributed by atoms with E-state index in [1.165, 1.54) is 0 Å². The maximum absolute atomic E-state index is 12.3. The molecule has 1 saturated heterocycles. The zero-order valence-electron chi connectivity index (χ0n) is 10.6. The van der Waals surface area contributed by atoms with Crippen LogP contribution in [0.3, 0.4) is 0 Å². The molecule has 3 unspecified atom stereocenters. The largest absolute Gasteiger partial charge is 0.375 e. The standard InChI is InChI=1S/C12H24N2O2/c1-4-5-11(6-13)12(15)14-7-10(3)16-8-9(14)2/h9-11H,4-8,13H2,1-3H3. The van der Waals surface area contributed by atoms with Gasteiger partial charge in [-0.3, -0.25) is 4.79 Å². The summed E-state index contributed by atoms with van der Waals surface area (Å²) in [5.74, 6) is 0.185. The molecule has 0 aromatic heterocycles. The first-order chi connectivity index (χ1) is 7.60. The lowest BCUT2D eigenvalue weighted by molar-refractivity contribution is -0.147. The van der Waals surface area contributed by atoms with Gasteiger partial charge >= 0.3 is 0 Å². The summed E-state index contributed by atoms with van der Waals surface area (Å²) >= 11 is 0. The first kappa shape index (κ1) is 13.5. The van der Waals surface area contributed by atoms with E-state index in [1.807, 2.05) is 18.7 Å². The smallest absolute Gasteiger partial charge is 0.227 e. The SMILES string of the molecule is CCCC(CN)C(=O)N1CC(C)OCC1C. The van der Waals surface area contributed by atoms with Gasteiger partial charge in [0.15, 0.2) is 0 Å². The van der Waals surface area contributed by atoms with Crippen LogP contribution in [0, 0.1) is 5.92 Å². The van der Waals surface area contributed by atoms with E-state index in [9.17, 15) is 4.79 Å². The highest BCUT2D eigenvalue weighted by Gasteiger charge is 2.30. The second kappa shape index (κ2) is 6.21. The highest BCUT2D eigenvalue weighted by atomic mass is 16.5. The van der Waals surface area contributed by atoms with Crippen LogP contribution in [0.5, 0.6) is 0 Å². The summed E-state index contributed by atoms with van der Waals surface area (Å²) < 4.78 is 5.52. The van der Waals surface area contributed by atoms with Gasteiger partial charge in [-0.05, 0) is 20.3 Å². The predicted octanol–water partition coefficient (Wildman–Crippen LogP) is 0.997. The van der Waals surface area contributed by atoms with Crippen molar-refractivity contribution < 1.29 is 9.53 Å². The molecule has 0 aromatic rings. The lowest BCUT2D eigenvalue weighted by Crippen LogP contribution is -2.52. The molecule has 1 heterocycles. The Balaban J connectivity index is 2.62. The third-order valence-corrected chi connectivity index (χ3v) is 3.16. The van der Waals surface area contributed by atoms with Crippen molar-refractivity contribution in [2.45, 2.75) is 45.8 Å². The maximum atomic E-state index is 12.3. The predicted molar refractivity (Wildman–Crippen MR) is 64.0 cm³/mol. The van der Waals surface area contributed by atoms with E-state index in [-0.39, 0.29) is 24.0 Å². The summed E-state index contributed by atoms with van der Waals surface area (Å²) in [5, 5.41) is 0. The molecule has 0 aliphatic carbocycles. The highest BCUT2D eigenvalue weighted by Crippen LogP contribution is 2.17. The van der Waals surface area contributed by atoms with Gasteiger partial charge in [0.1, 0.15) is 0 Å². The highest BCUT2D eigenvalue weighted by molar-refractivity contribution is 5.79. The van der Waals surface area contributed by atoms with Gasteiger partial charge in [0, 0.05) is 13.1 Å². The van der Waals surface area contributed by atoms with Crippen molar-refractivity contribution in [3.63, 3.8) is 0 Å². The molecule has 4 heteroatoms. The molecule has 16 heavy (non-hydrogen) atoms. The van der Waals surface area contributed by atoms with Crippen LogP contribution >= 0.6 is 0 Å². The molecular weight excluding hydrogens is 204 g/mol. The zero-order chi connectivity index (χ0) is 12.1. The van der Waals surface area contributed by atoms with Crippen LogP contribution < -0.4 is 5.73 Å². The van der Waals surface area contributed by atoms with Crippen molar-refractivity contribution in [2.24, 2.45) is 11.7 Å². The van der Waals surface area contributed by atoms with Crippen molar-refractivity contribution in [3.05, 3.63) is 0 Å². The number of ether oxygens (including phenoxy) is 1. The van der Waals surface area contributed by atoms with Crippen molar-refractivity contribution in [1.82, 2.24) is 4.90 Å². The van der Waals surface area contributed by atoms with Crippen molar-refractivity contribution >= 4 is 5.91 Å². The number of rotatable bonds is 4. The fourth-order valence-corrected chi connectivity index (χ4v) is 2.14. The molecule has 0 saturated carbocycles.